The molecular formula is C21H25N5O4. The van der Waals surface area contributed by atoms with Crippen molar-refractivity contribution in [2.45, 2.75) is 32.9 Å². The molecule has 2 aromatic heterocycles. The largest absolute Gasteiger partial charge is 0.459 e. The number of amides is 3. The number of urea groups is 1. The first-order chi connectivity index (χ1) is 14.2. The molecule has 9 nitrogen and oxygen atoms in total. The lowest BCUT2D eigenvalue weighted by molar-refractivity contribution is -0.155. The Kier molecular flexibility index (Phi) is 6.29. The van der Waals surface area contributed by atoms with Gasteiger partial charge >= 0.3 is 12.0 Å². The fourth-order valence-electron chi connectivity index (χ4n) is 2.93. The maximum Gasteiger partial charge on any atom is 0.326 e. The van der Waals surface area contributed by atoms with Crippen molar-refractivity contribution in [1.29, 1.82) is 0 Å². The van der Waals surface area contributed by atoms with Crippen LogP contribution in [0.3, 0.4) is 0 Å². The van der Waals surface area contributed by atoms with Crippen LogP contribution in [0.4, 0.5) is 10.6 Å². The van der Waals surface area contributed by atoms with Crippen molar-refractivity contribution in [1.82, 2.24) is 20.2 Å². The Hall–Kier alpha value is -3.49. The SMILES string of the molecule is CC(C)(C)OC(=O)CN1CCN(c2ccc(CNC(=O)c3cccnc3)cn2)C1=O. The number of rotatable bonds is 6. The van der Waals surface area contributed by atoms with Crippen molar-refractivity contribution in [2.24, 2.45) is 0 Å². The lowest BCUT2D eigenvalue weighted by atomic mass is 10.2. The first-order valence-corrected chi connectivity index (χ1v) is 9.64. The third-order valence-corrected chi connectivity index (χ3v) is 4.30. The van der Waals surface area contributed by atoms with Crippen molar-refractivity contribution in [2.75, 3.05) is 24.5 Å². The van der Waals surface area contributed by atoms with Crippen LogP contribution in [-0.2, 0) is 16.1 Å². The fourth-order valence-corrected chi connectivity index (χ4v) is 2.93. The molecule has 0 atom stereocenters. The molecule has 0 unspecified atom stereocenters. The lowest BCUT2D eigenvalue weighted by Crippen LogP contribution is -2.38. The van der Waals surface area contributed by atoms with Gasteiger partial charge in [-0.3, -0.25) is 19.5 Å². The maximum atomic E-state index is 12.6. The molecule has 1 saturated heterocycles. The van der Waals surface area contributed by atoms with Crippen LogP contribution < -0.4 is 10.2 Å². The van der Waals surface area contributed by atoms with Gasteiger partial charge in [-0.1, -0.05) is 6.07 Å². The van der Waals surface area contributed by atoms with E-state index in [-0.39, 0.29) is 18.5 Å². The van der Waals surface area contributed by atoms with Gasteiger partial charge in [0.1, 0.15) is 18.0 Å². The first-order valence-electron chi connectivity index (χ1n) is 9.64. The highest BCUT2D eigenvalue weighted by molar-refractivity contribution is 5.95. The van der Waals surface area contributed by atoms with Crippen molar-refractivity contribution in [3.63, 3.8) is 0 Å². The summed E-state index contributed by atoms with van der Waals surface area (Å²) in [5.74, 6) is -0.168. The summed E-state index contributed by atoms with van der Waals surface area (Å²) in [5, 5.41) is 2.80. The molecule has 0 bridgehead atoms. The average Bonchev–Trinajstić information content (AvgIpc) is 3.06. The number of ether oxygens (including phenoxy) is 1. The van der Waals surface area contributed by atoms with Gasteiger partial charge in [0.05, 0.1) is 5.56 Å². The van der Waals surface area contributed by atoms with Gasteiger partial charge in [0.2, 0.25) is 0 Å². The van der Waals surface area contributed by atoms with Crippen LogP contribution in [0.25, 0.3) is 0 Å². The Morgan fingerprint density at radius 2 is 1.97 bits per heavy atom. The Morgan fingerprint density at radius 1 is 1.17 bits per heavy atom. The molecule has 3 amide bonds. The van der Waals surface area contributed by atoms with Crippen LogP contribution in [0.15, 0.2) is 42.9 Å². The number of nitrogens with one attached hydrogen (secondary N) is 1. The van der Waals surface area contributed by atoms with E-state index < -0.39 is 11.6 Å². The highest BCUT2D eigenvalue weighted by Gasteiger charge is 2.32. The average molecular weight is 411 g/mol. The second kappa shape index (κ2) is 8.89. The third kappa shape index (κ3) is 5.53. The maximum absolute atomic E-state index is 12.6. The van der Waals surface area contributed by atoms with Gasteiger partial charge in [0.25, 0.3) is 5.91 Å². The van der Waals surface area contributed by atoms with E-state index in [1.807, 2.05) is 0 Å². The molecule has 9 heteroatoms. The van der Waals surface area contributed by atoms with E-state index in [4.69, 9.17) is 4.74 Å². The minimum atomic E-state index is -0.594. The van der Waals surface area contributed by atoms with Gasteiger partial charge < -0.3 is 15.0 Å². The van der Waals surface area contributed by atoms with Crippen LogP contribution in [0.1, 0.15) is 36.7 Å². The summed E-state index contributed by atoms with van der Waals surface area (Å²) >= 11 is 0. The number of hydrogen-bond donors (Lipinski definition) is 1. The summed E-state index contributed by atoms with van der Waals surface area (Å²) in [4.78, 5) is 47.9. The number of hydrogen-bond acceptors (Lipinski definition) is 6. The van der Waals surface area contributed by atoms with E-state index in [1.54, 1.807) is 57.4 Å². The smallest absolute Gasteiger partial charge is 0.326 e. The summed E-state index contributed by atoms with van der Waals surface area (Å²) < 4.78 is 5.28. The third-order valence-electron chi connectivity index (χ3n) is 4.30. The Balaban J connectivity index is 1.54. The number of pyridine rings is 2. The van der Waals surface area contributed by atoms with Crippen molar-refractivity contribution < 1.29 is 19.1 Å². The van der Waals surface area contributed by atoms with Gasteiger partial charge in [-0.05, 0) is 44.5 Å². The van der Waals surface area contributed by atoms with Crippen molar-refractivity contribution in [3.05, 3.63) is 54.0 Å². The minimum Gasteiger partial charge on any atom is -0.459 e. The molecule has 0 spiro atoms. The van der Waals surface area contributed by atoms with Gasteiger partial charge in [-0.2, -0.15) is 0 Å². The molecule has 3 rings (SSSR count). The number of nitrogens with zero attached hydrogens (tertiary/aromatic N) is 4. The molecule has 1 fully saturated rings. The molecule has 0 radical (unpaired) electrons. The molecule has 30 heavy (non-hydrogen) atoms. The highest BCUT2D eigenvalue weighted by Crippen LogP contribution is 2.19. The van der Waals surface area contributed by atoms with Crippen LogP contribution in [0.2, 0.25) is 0 Å². The fraction of sp³-hybridized carbons (Fsp3) is 0.381. The Bertz CT molecular complexity index is 909. The highest BCUT2D eigenvalue weighted by atomic mass is 16.6. The summed E-state index contributed by atoms with van der Waals surface area (Å²) in [6.45, 7) is 6.42. The molecule has 2 aromatic rings. The van der Waals surface area contributed by atoms with Crippen LogP contribution in [-0.4, -0.2) is 58.0 Å². The summed E-state index contributed by atoms with van der Waals surface area (Å²) in [5.41, 5.74) is 0.687. The van der Waals surface area contributed by atoms with Gasteiger partial charge in [0, 0.05) is 38.2 Å². The lowest BCUT2D eigenvalue weighted by Gasteiger charge is -2.22. The predicted molar refractivity (Wildman–Crippen MR) is 110 cm³/mol. The number of esters is 1. The zero-order valence-electron chi connectivity index (χ0n) is 17.3. The number of aromatic nitrogens is 2. The van der Waals surface area contributed by atoms with Crippen molar-refractivity contribution in [3.8, 4) is 0 Å². The Morgan fingerprint density at radius 3 is 2.60 bits per heavy atom. The van der Waals surface area contributed by atoms with Crippen LogP contribution in [0.5, 0.6) is 0 Å². The summed E-state index contributed by atoms with van der Waals surface area (Å²) in [6.07, 6.45) is 4.72. The van der Waals surface area contributed by atoms with E-state index in [0.29, 0.717) is 31.0 Å². The van der Waals surface area contributed by atoms with Crippen LogP contribution in [0, 0.1) is 0 Å². The molecule has 0 aliphatic carbocycles. The number of carbonyl (C=O) groups excluding carboxylic acids is 3. The quantitative estimate of drug-likeness (QED) is 0.729. The van der Waals surface area contributed by atoms with E-state index in [1.165, 1.54) is 16.0 Å². The summed E-state index contributed by atoms with van der Waals surface area (Å²) in [6, 6.07) is 6.62. The van der Waals surface area contributed by atoms with E-state index in [2.05, 4.69) is 15.3 Å². The van der Waals surface area contributed by atoms with E-state index >= 15 is 0 Å². The number of anilines is 1. The molecule has 1 aliphatic heterocycles. The van der Waals surface area contributed by atoms with Gasteiger partial charge in [-0.15, -0.1) is 0 Å². The minimum absolute atomic E-state index is 0.0922. The first kappa shape index (κ1) is 21.2. The van der Waals surface area contributed by atoms with Crippen molar-refractivity contribution >= 4 is 23.7 Å². The predicted octanol–water partition coefficient (Wildman–Crippen LogP) is 1.99. The van der Waals surface area contributed by atoms with E-state index in [9.17, 15) is 14.4 Å². The standard InChI is InChI=1S/C21H25N5O4/c1-21(2,3)30-18(27)14-25-9-10-26(20(25)29)17-7-6-15(11-23-17)12-24-19(28)16-5-4-8-22-13-16/h4-8,11,13H,9-10,12,14H2,1-3H3,(H,24,28). The molecular weight excluding hydrogens is 386 g/mol. The zero-order valence-corrected chi connectivity index (χ0v) is 17.3. The molecule has 3 heterocycles. The molecule has 158 valence electrons. The molecule has 1 N–H and O–H groups in total. The molecule has 0 saturated carbocycles. The monoisotopic (exact) mass is 411 g/mol. The summed E-state index contributed by atoms with van der Waals surface area (Å²) in [7, 11) is 0. The second-order valence-electron chi connectivity index (χ2n) is 7.89. The van der Waals surface area contributed by atoms with E-state index in [0.717, 1.165) is 5.56 Å². The molecule has 1 aliphatic rings. The second-order valence-corrected chi connectivity index (χ2v) is 7.89. The van der Waals surface area contributed by atoms with Gasteiger partial charge in [0.15, 0.2) is 0 Å². The normalized spacial score (nSPS) is 14.0. The molecule has 0 aromatic carbocycles. The topological polar surface area (TPSA) is 105 Å². The Labute approximate surface area is 175 Å². The van der Waals surface area contributed by atoms with Gasteiger partial charge in [-0.25, -0.2) is 9.78 Å². The number of carbonyl (C=O) groups is 3. The van der Waals surface area contributed by atoms with Crippen LogP contribution >= 0.6 is 0 Å². The zero-order chi connectivity index (χ0) is 21.7.